The summed E-state index contributed by atoms with van der Waals surface area (Å²) in [5.41, 5.74) is 4.59. The minimum Gasteiger partial charge on any atom is -0.440 e. The van der Waals surface area contributed by atoms with Crippen LogP contribution in [0.15, 0.2) is 34.2 Å². The van der Waals surface area contributed by atoms with Crippen molar-refractivity contribution >= 4 is 28.5 Å². The molecule has 6 nitrogen and oxygen atoms in total. The van der Waals surface area contributed by atoms with Crippen molar-refractivity contribution in [2.45, 2.75) is 32.1 Å². The van der Waals surface area contributed by atoms with Crippen molar-refractivity contribution in [3.63, 3.8) is 0 Å². The van der Waals surface area contributed by atoms with Crippen molar-refractivity contribution in [1.82, 2.24) is 20.2 Å². The van der Waals surface area contributed by atoms with Crippen LogP contribution in [-0.4, -0.2) is 40.5 Å². The van der Waals surface area contributed by atoms with Crippen LogP contribution in [0.25, 0.3) is 11.1 Å². The van der Waals surface area contributed by atoms with E-state index in [1.807, 2.05) is 41.6 Å². The number of piperidine rings is 1. The first-order valence-electron chi connectivity index (χ1n) is 8.98. The van der Waals surface area contributed by atoms with E-state index in [2.05, 4.69) is 15.3 Å². The lowest BCUT2D eigenvalue weighted by molar-refractivity contribution is 0.175. The van der Waals surface area contributed by atoms with E-state index in [-0.39, 0.29) is 11.9 Å². The molecule has 136 valence electrons. The van der Waals surface area contributed by atoms with Gasteiger partial charge in [-0.3, -0.25) is 0 Å². The molecule has 0 bridgehead atoms. The molecule has 3 heterocycles. The molecule has 1 atom stereocenters. The highest BCUT2D eigenvalue weighted by Gasteiger charge is 2.28. The topological polar surface area (TPSA) is 71.3 Å². The average molecular weight is 370 g/mol. The van der Waals surface area contributed by atoms with E-state index in [9.17, 15) is 4.79 Å². The number of likely N-dealkylation sites (tertiary alicyclic amines) is 1. The summed E-state index contributed by atoms with van der Waals surface area (Å²) < 4.78 is 5.90. The van der Waals surface area contributed by atoms with Gasteiger partial charge in [-0.25, -0.2) is 14.8 Å². The van der Waals surface area contributed by atoms with Gasteiger partial charge in [0.1, 0.15) is 5.52 Å². The minimum atomic E-state index is -0.00650. The number of carbonyl (C=O) groups is 1. The van der Waals surface area contributed by atoms with Crippen LogP contribution in [0.5, 0.6) is 0 Å². The second-order valence-corrected chi connectivity index (χ2v) is 7.59. The number of hydrogen-bond acceptors (Lipinski definition) is 5. The average Bonchev–Trinajstić information content (AvgIpc) is 3.28. The number of fused-ring (bicyclic) bond motifs is 1. The Morgan fingerprint density at radius 1 is 1.42 bits per heavy atom. The summed E-state index contributed by atoms with van der Waals surface area (Å²) in [6.07, 6.45) is 2.78. The molecule has 1 fully saturated rings. The second kappa shape index (κ2) is 7.45. The molecule has 2 amide bonds. The van der Waals surface area contributed by atoms with Gasteiger partial charge in [0.25, 0.3) is 0 Å². The number of rotatable bonds is 4. The number of para-hydroxylation sites is 2. The molecule has 0 radical (unpaired) electrons. The smallest absolute Gasteiger partial charge is 0.317 e. The Kier molecular flexibility index (Phi) is 4.88. The molecule has 0 saturated carbocycles. The fourth-order valence-electron chi connectivity index (χ4n) is 3.39. The van der Waals surface area contributed by atoms with Crippen LogP contribution in [-0.2, 0) is 6.42 Å². The lowest BCUT2D eigenvalue weighted by Gasteiger charge is -2.31. The third kappa shape index (κ3) is 3.58. The summed E-state index contributed by atoms with van der Waals surface area (Å²) in [5, 5.41) is 3.03. The number of carbonyl (C=O) groups excluding carboxylic acids is 1. The predicted octanol–water partition coefficient (Wildman–Crippen LogP) is 3.72. The van der Waals surface area contributed by atoms with Gasteiger partial charge in [-0.1, -0.05) is 12.1 Å². The van der Waals surface area contributed by atoms with E-state index >= 15 is 0 Å². The number of aryl methyl sites for hydroxylation is 1. The van der Waals surface area contributed by atoms with E-state index in [0.29, 0.717) is 13.1 Å². The number of hydrogen-bond donors (Lipinski definition) is 1. The number of benzene rings is 1. The number of aromatic nitrogens is 2. The van der Waals surface area contributed by atoms with Gasteiger partial charge in [-0.2, -0.15) is 0 Å². The number of nitrogens with one attached hydrogen (secondary N) is 1. The molecule has 1 aliphatic heterocycles. The third-order valence-corrected chi connectivity index (χ3v) is 5.84. The zero-order valence-electron chi connectivity index (χ0n) is 14.8. The van der Waals surface area contributed by atoms with Crippen molar-refractivity contribution in [3.8, 4) is 0 Å². The Bertz CT molecular complexity index is 871. The maximum absolute atomic E-state index is 12.5. The predicted molar refractivity (Wildman–Crippen MR) is 102 cm³/mol. The highest BCUT2D eigenvalue weighted by atomic mass is 32.1. The molecule has 1 aromatic carbocycles. The lowest BCUT2D eigenvalue weighted by Crippen LogP contribution is -2.45. The lowest BCUT2D eigenvalue weighted by atomic mass is 9.98. The van der Waals surface area contributed by atoms with Crippen LogP contribution < -0.4 is 5.32 Å². The maximum Gasteiger partial charge on any atom is 0.317 e. The fraction of sp³-hybridized carbons (Fsp3) is 0.421. The summed E-state index contributed by atoms with van der Waals surface area (Å²) in [6, 6.07) is 7.79. The Labute approximate surface area is 156 Å². The summed E-state index contributed by atoms with van der Waals surface area (Å²) in [6.45, 7) is 4.07. The molecule has 26 heavy (non-hydrogen) atoms. The van der Waals surface area contributed by atoms with Crippen molar-refractivity contribution in [2.24, 2.45) is 0 Å². The normalized spacial score (nSPS) is 17.6. The molecule has 0 aliphatic carbocycles. The molecule has 1 saturated heterocycles. The van der Waals surface area contributed by atoms with Gasteiger partial charge in [0.15, 0.2) is 11.5 Å². The van der Waals surface area contributed by atoms with E-state index in [1.54, 1.807) is 11.3 Å². The number of nitrogens with zero attached hydrogens (tertiary/aromatic N) is 3. The van der Waals surface area contributed by atoms with Gasteiger partial charge in [-0.05, 0) is 31.9 Å². The molecule has 2 aromatic heterocycles. The largest absolute Gasteiger partial charge is 0.440 e. The van der Waals surface area contributed by atoms with E-state index in [4.69, 9.17) is 4.42 Å². The van der Waals surface area contributed by atoms with Gasteiger partial charge in [0.2, 0.25) is 0 Å². The van der Waals surface area contributed by atoms with Crippen LogP contribution in [0.1, 0.15) is 35.2 Å². The number of amides is 2. The molecule has 1 aliphatic rings. The zero-order valence-corrected chi connectivity index (χ0v) is 15.6. The first kappa shape index (κ1) is 17.0. The molecule has 7 heteroatoms. The highest BCUT2D eigenvalue weighted by molar-refractivity contribution is 7.09. The van der Waals surface area contributed by atoms with Gasteiger partial charge < -0.3 is 14.6 Å². The maximum atomic E-state index is 12.5. The van der Waals surface area contributed by atoms with Crippen molar-refractivity contribution in [1.29, 1.82) is 0 Å². The van der Waals surface area contributed by atoms with Gasteiger partial charge in [0, 0.05) is 30.9 Å². The van der Waals surface area contributed by atoms with Crippen LogP contribution in [0.4, 0.5) is 4.79 Å². The molecule has 3 aromatic rings. The van der Waals surface area contributed by atoms with Crippen LogP contribution in [0, 0.1) is 6.92 Å². The second-order valence-electron chi connectivity index (χ2n) is 6.65. The van der Waals surface area contributed by atoms with Gasteiger partial charge >= 0.3 is 6.03 Å². The van der Waals surface area contributed by atoms with Gasteiger partial charge in [-0.15, -0.1) is 11.3 Å². The quantitative estimate of drug-likeness (QED) is 0.760. The minimum absolute atomic E-state index is 0.00650. The molecule has 4 rings (SSSR count). The van der Waals surface area contributed by atoms with Crippen molar-refractivity contribution < 1.29 is 9.21 Å². The fourth-order valence-corrected chi connectivity index (χ4v) is 4.17. The van der Waals surface area contributed by atoms with Crippen molar-refractivity contribution in [3.05, 3.63) is 46.2 Å². The Morgan fingerprint density at radius 3 is 3.12 bits per heavy atom. The first-order chi connectivity index (χ1) is 12.7. The summed E-state index contributed by atoms with van der Waals surface area (Å²) in [5.74, 6) is 0.898. The van der Waals surface area contributed by atoms with E-state index < -0.39 is 0 Å². The standard InChI is InChI=1S/C19H22N4O2S/c1-13-17(26-12-21-13)8-9-20-19(24)23-10-4-5-14(11-23)18-22-15-6-2-3-7-16(15)25-18/h2-3,6-7,12,14H,4-5,8-11H2,1H3,(H,20,24)/t14-/m0/s1. The van der Waals surface area contributed by atoms with Crippen LogP contribution >= 0.6 is 11.3 Å². The molecular weight excluding hydrogens is 348 g/mol. The Balaban J connectivity index is 1.35. The summed E-state index contributed by atoms with van der Waals surface area (Å²) >= 11 is 1.64. The molecule has 0 spiro atoms. The van der Waals surface area contributed by atoms with Crippen molar-refractivity contribution in [2.75, 3.05) is 19.6 Å². The van der Waals surface area contributed by atoms with Gasteiger partial charge in [0.05, 0.1) is 17.1 Å². The summed E-state index contributed by atoms with van der Waals surface area (Å²) in [7, 11) is 0. The molecule has 1 N–H and O–H groups in total. The van der Waals surface area contributed by atoms with Crippen LogP contribution in [0.3, 0.4) is 0 Å². The monoisotopic (exact) mass is 370 g/mol. The Morgan fingerprint density at radius 2 is 2.31 bits per heavy atom. The Hall–Kier alpha value is -2.41. The number of urea groups is 1. The van der Waals surface area contributed by atoms with E-state index in [0.717, 1.165) is 48.5 Å². The number of oxazole rings is 1. The molecular formula is C19H22N4O2S. The third-order valence-electron chi connectivity index (χ3n) is 4.84. The highest BCUT2D eigenvalue weighted by Crippen LogP contribution is 2.28. The summed E-state index contributed by atoms with van der Waals surface area (Å²) in [4.78, 5) is 24.5. The first-order valence-corrected chi connectivity index (χ1v) is 9.86. The van der Waals surface area contributed by atoms with Crippen LogP contribution in [0.2, 0.25) is 0 Å². The SMILES string of the molecule is Cc1ncsc1CCNC(=O)N1CCC[C@H](c2nc3ccccc3o2)C1. The number of thiazole rings is 1. The molecule has 0 unspecified atom stereocenters. The van der Waals surface area contributed by atoms with E-state index in [1.165, 1.54) is 4.88 Å². The zero-order chi connectivity index (χ0) is 17.9.